The lowest BCUT2D eigenvalue weighted by Crippen LogP contribution is -2.41. The lowest BCUT2D eigenvalue weighted by molar-refractivity contribution is -0.117. The summed E-state index contributed by atoms with van der Waals surface area (Å²) in [6.45, 7) is 7.40. The average Bonchev–Trinajstić information content (AvgIpc) is 3.18. The van der Waals surface area contributed by atoms with Gasteiger partial charge in [0.15, 0.2) is 0 Å². The predicted molar refractivity (Wildman–Crippen MR) is 79.0 cm³/mol. The van der Waals surface area contributed by atoms with Crippen molar-refractivity contribution < 1.29 is 4.79 Å². The van der Waals surface area contributed by atoms with Crippen LogP contribution in [0.1, 0.15) is 33.6 Å². The molecule has 19 heavy (non-hydrogen) atoms. The van der Waals surface area contributed by atoms with E-state index in [0.29, 0.717) is 11.3 Å². The maximum absolute atomic E-state index is 12.0. The summed E-state index contributed by atoms with van der Waals surface area (Å²) in [5.74, 6) is 0.718. The molecule has 3 heteroatoms. The average molecular weight is 260 g/mol. The second kappa shape index (κ2) is 5.74. The zero-order valence-electron chi connectivity index (χ0n) is 12.1. The van der Waals surface area contributed by atoms with Crippen molar-refractivity contribution in [2.75, 3.05) is 11.9 Å². The third-order valence-electron chi connectivity index (χ3n) is 4.31. The van der Waals surface area contributed by atoms with Gasteiger partial charge in [-0.3, -0.25) is 4.79 Å². The second-order valence-corrected chi connectivity index (χ2v) is 5.97. The predicted octanol–water partition coefficient (Wildman–Crippen LogP) is 3.04. The normalized spacial score (nSPS) is 18.1. The summed E-state index contributed by atoms with van der Waals surface area (Å²) < 4.78 is 0. The first-order chi connectivity index (χ1) is 9.03. The molecule has 0 aliphatic heterocycles. The smallest absolute Gasteiger partial charge is 0.241 e. The largest absolute Gasteiger partial charge is 0.325 e. The highest BCUT2D eigenvalue weighted by atomic mass is 16.2. The van der Waals surface area contributed by atoms with Gasteiger partial charge >= 0.3 is 0 Å². The molecule has 1 fully saturated rings. The summed E-state index contributed by atoms with van der Waals surface area (Å²) >= 11 is 0. The number of carbonyl (C=O) groups is 1. The number of rotatable bonds is 6. The Balaban J connectivity index is 1.80. The van der Waals surface area contributed by atoms with Gasteiger partial charge in [0.25, 0.3) is 0 Å². The van der Waals surface area contributed by atoms with Crippen molar-refractivity contribution in [3.8, 4) is 0 Å². The third-order valence-corrected chi connectivity index (χ3v) is 4.31. The summed E-state index contributed by atoms with van der Waals surface area (Å²) in [6, 6.07) is 9.44. The van der Waals surface area contributed by atoms with Crippen molar-refractivity contribution >= 4 is 11.6 Å². The van der Waals surface area contributed by atoms with Crippen LogP contribution >= 0.6 is 0 Å². The van der Waals surface area contributed by atoms with Crippen LogP contribution in [0.5, 0.6) is 0 Å². The van der Waals surface area contributed by atoms with Gasteiger partial charge in [0.1, 0.15) is 0 Å². The van der Waals surface area contributed by atoms with Crippen molar-refractivity contribution in [3.05, 3.63) is 30.3 Å². The molecular weight excluding hydrogens is 236 g/mol. The van der Waals surface area contributed by atoms with Crippen LogP contribution in [-0.4, -0.2) is 18.5 Å². The van der Waals surface area contributed by atoms with Gasteiger partial charge in [-0.25, -0.2) is 0 Å². The number of anilines is 1. The molecule has 0 bridgehead atoms. The highest BCUT2D eigenvalue weighted by molar-refractivity contribution is 5.94. The fourth-order valence-corrected chi connectivity index (χ4v) is 2.34. The van der Waals surface area contributed by atoms with E-state index in [-0.39, 0.29) is 11.9 Å². The Morgan fingerprint density at radius 2 is 1.84 bits per heavy atom. The van der Waals surface area contributed by atoms with E-state index >= 15 is 0 Å². The number of nitrogens with one attached hydrogen (secondary N) is 2. The van der Waals surface area contributed by atoms with Crippen LogP contribution in [-0.2, 0) is 4.79 Å². The molecule has 0 radical (unpaired) electrons. The SMILES string of the molecule is CC(NCC1(C(C)C)CC1)C(=O)Nc1ccccc1. The van der Waals surface area contributed by atoms with Crippen molar-refractivity contribution in [1.82, 2.24) is 5.32 Å². The van der Waals surface area contributed by atoms with Crippen LogP contribution in [0.15, 0.2) is 30.3 Å². The summed E-state index contributed by atoms with van der Waals surface area (Å²) in [5, 5.41) is 6.30. The minimum atomic E-state index is -0.156. The van der Waals surface area contributed by atoms with E-state index in [4.69, 9.17) is 0 Å². The number of para-hydroxylation sites is 1. The topological polar surface area (TPSA) is 41.1 Å². The van der Waals surface area contributed by atoms with Gasteiger partial charge in [-0.2, -0.15) is 0 Å². The molecule has 1 atom stereocenters. The minimum Gasteiger partial charge on any atom is -0.325 e. The van der Waals surface area contributed by atoms with Crippen LogP contribution in [0.25, 0.3) is 0 Å². The van der Waals surface area contributed by atoms with Crippen LogP contribution < -0.4 is 10.6 Å². The van der Waals surface area contributed by atoms with Crippen LogP contribution in [0.4, 0.5) is 5.69 Å². The first-order valence-corrected chi connectivity index (χ1v) is 7.13. The second-order valence-electron chi connectivity index (χ2n) is 5.97. The zero-order valence-corrected chi connectivity index (χ0v) is 12.1. The van der Waals surface area contributed by atoms with Crippen LogP contribution in [0.3, 0.4) is 0 Å². The molecule has 1 unspecified atom stereocenters. The summed E-state index contributed by atoms with van der Waals surface area (Å²) in [6.07, 6.45) is 2.56. The molecule has 1 aliphatic rings. The Morgan fingerprint density at radius 3 is 2.37 bits per heavy atom. The first kappa shape index (κ1) is 14.1. The Hall–Kier alpha value is -1.35. The van der Waals surface area contributed by atoms with E-state index in [1.54, 1.807) is 0 Å². The van der Waals surface area contributed by atoms with Gasteiger partial charge in [-0.1, -0.05) is 32.0 Å². The molecule has 2 N–H and O–H groups in total. The Bertz CT molecular complexity index is 424. The molecule has 1 saturated carbocycles. The molecule has 1 aromatic carbocycles. The Labute approximate surface area is 115 Å². The van der Waals surface area contributed by atoms with E-state index in [2.05, 4.69) is 24.5 Å². The van der Waals surface area contributed by atoms with Crippen molar-refractivity contribution in [3.63, 3.8) is 0 Å². The fraction of sp³-hybridized carbons (Fsp3) is 0.562. The monoisotopic (exact) mass is 260 g/mol. The maximum Gasteiger partial charge on any atom is 0.241 e. The lowest BCUT2D eigenvalue weighted by Gasteiger charge is -2.22. The van der Waals surface area contributed by atoms with E-state index in [9.17, 15) is 4.79 Å². The molecule has 1 aromatic rings. The van der Waals surface area contributed by atoms with Gasteiger partial charge in [0.2, 0.25) is 5.91 Å². The molecule has 0 saturated heterocycles. The molecule has 1 aliphatic carbocycles. The van der Waals surface area contributed by atoms with Crippen molar-refractivity contribution in [2.45, 2.75) is 39.7 Å². The third kappa shape index (κ3) is 3.57. The Kier molecular flexibility index (Phi) is 4.25. The van der Waals surface area contributed by atoms with Gasteiger partial charge in [0, 0.05) is 12.2 Å². The number of benzene rings is 1. The lowest BCUT2D eigenvalue weighted by atomic mass is 9.92. The fourth-order valence-electron chi connectivity index (χ4n) is 2.34. The number of hydrogen-bond acceptors (Lipinski definition) is 2. The van der Waals surface area contributed by atoms with E-state index in [1.165, 1.54) is 12.8 Å². The van der Waals surface area contributed by atoms with Crippen LogP contribution in [0.2, 0.25) is 0 Å². The van der Waals surface area contributed by atoms with E-state index in [1.807, 2.05) is 37.3 Å². The highest BCUT2D eigenvalue weighted by Gasteiger charge is 2.45. The number of carbonyl (C=O) groups excluding carboxylic acids is 1. The van der Waals surface area contributed by atoms with Gasteiger partial charge in [-0.05, 0) is 43.2 Å². The number of hydrogen-bond donors (Lipinski definition) is 2. The molecule has 104 valence electrons. The number of amides is 1. The first-order valence-electron chi connectivity index (χ1n) is 7.13. The van der Waals surface area contributed by atoms with Gasteiger partial charge < -0.3 is 10.6 Å². The summed E-state index contributed by atoms with van der Waals surface area (Å²) in [5.41, 5.74) is 1.28. The molecular formula is C16H24N2O. The Morgan fingerprint density at radius 1 is 1.21 bits per heavy atom. The van der Waals surface area contributed by atoms with Crippen LogP contribution in [0, 0.1) is 11.3 Å². The molecule has 0 spiro atoms. The molecule has 2 rings (SSSR count). The highest BCUT2D eigenvalue weighted by Crippen LogP contribution is 2.51. The van der Waals surface area contributed by atoms with Crippen molar-refractivity contribution in [2.24, 2.45) is 11.3 Å². The molecule has 1 amide bonds. The van der Waals surface area contributed by atoms with Gasteiger partial charge in [0.05, 0.1) is 6.04 Å². The maximum atomic E-state index is 12.0. The molecule has 0 heterocycles. The molecule has 0 aromatic heterocycles. The zero-order chi connectivity index (χ0) is 13.9. The van der Waals surface area contributed by atoms with E-state index < -0.39 is 0 Å². The quantitative estimate of drug-likeness (QED) is 0.825. The minimum absolute atomic E-state index is 0.0331. The summed E-state index contributed by atoms with van der Waals surface area (Å²) in [7, 11) is 0. The standard InChI is InChI=1S/C16H24N2O/c1-12(2)16(9-10-16)11-17-13(3)15(19)18-14-7-5-4-6-8-14/h4-8,12-13,17H,9-11H2,1-3H3,(H,18,19). The molecule has 3 nitrogen and oxygen atoms in total. The van der Waals surface area contributed by atoms with E-state index in [0.717, 1.165) is 12.2 Å². The summed E-state index contributed by atoms with van der Waals surface area (Å²) in [4.78, 5) is 12.0. The van der Waals surface area contributed by atoms with Gasteiger partial charge in [-0.15, -0.1) is 0 Å². The van der Waals surface area contributed by atoms with Crippen molar-refractivity contribution in [1.29, 1.82) is 0 Å².